The molecule has 0 spiro atoms. The first-order valence-electron chi connectivity index (χ1n) is 8.03. The molecular formula is C16H24N2O5S2. The molecule has 0 radical (unpaired) electrons. The SMILES string of the molecule is CN(Cc1ccccc1)C(=O)CCN(C1CCS(=O)(=O)C1)S(C)(=O)=O. The predicted molar refractivity (Wildman–Crippen MR) is 96.1 cm³/mol. The molecule has 0 bridgehead atoms. The minimum atomic E-state index is -3.58. The fourth-order valence-corrected chi connectivity index (χ4v) is 5.93. The number of sulfone groups is 1. The average Bonchev–Trinajstić information content (AvgIpc) is 2.86. The first-order chi connectivity index (χ1) is 11.6. The molecule has 1 aliphatic rings. The summed E-state index contributed by atoms with van der Waals surface area (Å²) in [6.07, 6.45) is 1.35. The van der Waals surface area contributed by atoms with Gasteiger partial charge in [0.1, 0.15) is 0 Å². The van der Waals surface area contributed by atoms with E-state index in [1.165, 1.54) is 0 Å². The van der Waals surface area contributed by atoms with E-state index in [2.05, 4.69) is 0 Å². The van der Waals surface area contributed by atoms with Crippen LogP contribution in [0, 0.1) is 0 Å². The molecule has 7 nitrogen and oxygen atoms in total. The monoisotopic (exact) mass is 388 g/mol. The van der Waals surface area contributed by atoms with E-state index in [-0.39, 0.29) is 36.8 Å². The minimum absolute atomic E-state index is 0.00299. The molecule has 0 saturated carbocycles. The predicted octanol–water partition coefficient (Wildman–Crippen LogP) is 0.484. The van der Waals surface area contributed by atoms with Gasteiger partial charge in [0.2, 0.25) is 15.9 Å². The van der Waals surface area contributed by atoms with Gasteiger partial charge in [-0.05, 0) is 12.0 Å². The van der Waals surface area contributed by atoms with Gasteiger partial charge in [-0.3, -0.25) is 4.79 Å². The lowest BCUT2D eigenvalue weighted by atomic mass is 10.2. The summed E-state index contributed by atoms with van der Waals surface area (Å²) in [5.74, 6) is -0.363. The maximum atomic E-state index is 12.3. The summed E-state index contributed by atoms with van der Waals surface area (Å²) >= 11 is 0. The van der Waals surface area contributed by atoms with E-state index in [1.54, 1.807) is 11.9 Å². The first-order valence-corrected chi connectivity index (χ1v) is 11.7. The highest BCUT2D eigenvalue weighted by molar-refractivity contribution is 7.92. The van der Waals surface area contributed by atoms with Crippen molar-refractivity contribution in [2.24, 2.45) is 0 Å². The summed E-state index contributed by atoms with van der Waals surface area (Å²) in [5.41, 5.74) is 0.986. The van der Waals surface area contributed by atoms with Crippen LogP contribution in [0.1, 0.15) is 18.4 Å². The summed E-state index contributed by atoms with van der Waals surface area (Å²) < 4.78 is 48.4. The maximum Gasteiger partial charge on any atom is 0.223 e. The van der Waals surface area contributed by atoms with Crippen molar-refractivity contribution in [3.8, 4) is 0 Å². The molecule has 0 aliphatic carbocycles. The smallest absolute Gasteiger partial charge is 0.223 e. The zero-order valence-corrected chi connectivity index (χ0v) is 16.1. The van der Waals surface area contributed by atoms with Gasteiger partial charge in [0.25, 0.3) is 0 Å². The number of hydrogen-bond donors (Lipinski definition) is 0. The molecule has 1 fully saturated rings. The lowest BCUT2D eigenvalue weighted by Crippen LogP contribution is -2.42. The summed E-state index contributed by atoms with van der Waals surface area (Å²) in [7, 11) is -5.11. The second-order valence-electron chi connectivity index (χ2n) is 6.42. The zero-order valence-electron chi connectivity index (χ0n) is 14.5. The molecule has 1 saturated heterocycles. The molecule has 1 unspecified atom stereocenters. The van der Waals surface area contributed by atoms with Crippen molar-refractivity contribution in [2.45, 2.75) is 25.4 Å². The normalized spacial score (nSPS) is 19.9. The number of benzene rings is 1. The average molecular weight is 389 g/mol. The van der Waals surface area contributed by atoms with Crippen molar-refractivity contribution in [1.29, 1.82) is 0 Å². The molecule has 2 rings (SSSR count). The number of nitrogens with zero attached hydrogens (tertiary/aromatic N) is 2. The van der Waals surface area contributed by atoms with Gasteiger partial charge in [-0.2, -0.15) is 4.31 Å². The first kappa shape index (κ1) is 19.9. The highest BCUT2D eigenvalue weighted by atomic mass is 32.2. The van der Waals surface area contributed by atoms with Crippen LogP contribution in [0.5, 0.6) is 0 Å². The van der Waals surface area contributed by atoms with Crippen molar-refractivity contribution in [3.05, 3.63) is 35.9 Å². The number of rotatable bonds is 7. The van der Waals surface area contributed by atoms with Crippen LogP contribution in [0.2, 0.25) is 0 Å². The molecule has 1 amide bonds. The van der Waals surface area contributed by atoms with Crippen LogP contribution in [-0.4, -0.2) is 69.3 Å². The van der Waals surface area contributed by atoms with E-state index >= 15 is 0 Å². The minimum Gasteiger partial charge on any atom is -0.341 e. The summed E-state index contributed by atoms with van der Waals surface area (Å²) in [6.45, 7) is 0.438. The van der Waals surface area contributed by atoms with E-state index < -0.39 is 25.9 Å². The summed E-state index contributed by atoms with van der Waals surface area (Å²) in [5, 5.41) is 0. The lowest BCUT2D eigenvalue weighted by molar-refractivity contribution is -0.130. The van der Waals surface area contributed by atoms with E-state index in [0.717, 1.165) is 16.1 Å². The molecule has 9 heteroatoms. The molecule has 0 N–H and O–H groups in total. The lowest BCUT2D eigenvalue weighted by Gasteiger charge is -2.26. The van der Waals surface area contributed by atoms with Crippen LogP contribution in [0.15, 0.2) is 30.3 Å². The van der Waals surface area contributed by atoms with Gasteiger partial charge in [0, 0.05) is 32.6 Å². The van der Waals surface area contributed by atoms with Crippen molar-refractivity contribution in [2.75, 3.05) is 31.4 Å². The van der Waals surface area contributed by atoms with Gasteiger partial charge < -0.3 is 4.90 Å². The van der Waals surface area contributed by atoms with Gasteiger partial charge in [0.05, 0.1) is 17.8 Å². The third kappa shape index (κ3) is 5.79. The Hall–Kier alpha value is -1.45. The van der Waals surface area contributed by atoms with Gasteiger partial charge in [-0.15, -0.1) is 0 Å². The van der Waals surface area contributed by atoms with Crippen LogP contribution in [-0.2, 0) is 31.2 Å². The van der Waals surface area contributed by atoms with E-state index in [9.17, 15) is 21.6 Å². The van der Waals surface area contributed by atoms with Gasteiger partial charge in [-0.1, -0.05) is 30.3 Å². The van der Waals surface area contributed by atoms with Crippen molar-refractivity contribution >= 4 is 25.8 Å². The Balaban J connectivity index is 1.97. The number of sulfonamides is 1. The molecule has 1 aromatic carbocycles. The Morgan fingerprint density at radius 3 is 2.40 bits per heavy atom. The van der Waals surface area contributed by atoms with Crippen LogP contribution in [0.3, 0.4) is 0 Å². The van der Waals surface area contributed by atoms with Gasteiger partial charge in [-0.25, -0.2) is 16.8 Å². The van der Waals surface area contributed by atoms with E-state index in [1.807, 2.05) is 30.3 Å². The number of amides is 1. The molecule has 0 aromatic heterocycles. The van der Waals surface area contributed by atoms with E-state index in [4.69, 9.17) is 0 Å². The number of hydrogen-bond acceptors (Lipinski definition) is 5. The zero-order chi connectivity index (χ0) is 18.7. The second kappa shape index (κ2) is 7.84. The van der Waals surface area contributed by atoms with Crippen LogP contribution in [0.25, 0.3) is 0 Å². The fourth-order valence-electron chi connectivity index (χ4n) is 2.96. The van der Waals surface area contributed by atoms with Gasteiger partial charge in [0.15, 0.2) is 9.84 Å². The fraction of sp³-hybridized carbons (Fsp3) is 0.562. The molecule has 140 valence electrons. The molecule has 1 heterocycles. The highest BCUT2D eigenvalue weighted by Crippen LogP contribution is 2.20. The Morgan fingerprint density at radius 1 is 1.24 bits per heavy atom. The summed E-state index contributed by atoms with van der Waals surface area (Å²) in [4.78, 5) is 13.9. The quantitative estimate of drug-likeness (QED) is 0.678. The molecule has 1 atom stereocenters. The third-order valence-electron chi connectivity index (χ3n) is 4.28. The Morgan fingerprint density at radius 2 is 1.88 bits per heavy atom. The molecular weight excluding hydrogens is 364 g/mol. The van der Waals surface area contributed by atoms with Crippen molar-refractivity contribution < 1.29 is 21.6 Å². The van der Waals surface area contributed by atoms with Crippen LogP contribution < -0.4 is 0 Å². The van der Waals surface area contributed by atoms with Crippen molar-refractivity contribution in [1.82, 2.24) is 9.21 Å². The van der Waals surface area contributed by atoms with Crippen molar-refractivity contribution in [3.63, 3.8) is 0 Å². The third-order valence-corrected chi connectivity index (χ3v) is 7.36. The maximum absolute atomic E-state index is 12.3. The van der Waals surface area contributed by atoms with Crippen LogP contribution in [0.4, 0.5) is 0 Å². The highest BCUT2D eigenvalue weighted by Gasteiger charge is 2.36. The van der Waals surface area contributed by atoms with E-state index in [0.29, 0.717) is 6.54 Å². The molecule has 1 aromatic rings. The van der Waals surface area contributed by atoms with Gasteiger partial charge >= 0.3 is 0 Å². The largest absolute Gasteiger partial charge is 0.341 e. The number of carbonyl (C=O) groups excluding carboxylic acids is 1. The topological polar surface area (TPSA) is 91.8 Å². The van der Waals surface area contributed by atoms with Crippen LogP contribution >= 0.6 is 0 Å². The second-order valence-corrected chi connectivity index (χ2v) is 10.6. The standard InChI is InChI=1S/C16H24N2O5S2/c1-17(12-14-6-4-3-5-7-14)16(19)8-10-18(24(2,20)21)15-9-11-25(22,23)13-15/h3-7,15H,8-13H2,1-2H3. The Kier molecular flexibility index (Phi) is 6.23. The molecule has 25 heavy (non-hydrogen) atoms. The summed E-state index contributed by atoms with van der Waals surface area (Å²) in [6, 6.07) is 8.92. The Bertz CT molecular complexity index is 806. The number of carbonyl (C=O) groups is 1. The molecule has 1 aliphatic heterocycles. The Labute approximate surface area is 149 Å².